The van der Waals surface area contributed by atoms with Gasteiger partial charge in [-0.3, -0.25) is 14.5 Å². The molecule has 2 amide bonds. The number of aliphatic hydroxyl groups is 1. The van der Waals surface area contributed by atoms with Crippen molar-refractivity contribution in [3.63, 3.8) is 0 Å². The Kier molecular flexibility index (Phi) is 3.97. The monoisotopic (exact) mass is 263 g/mol. The van der Waals surface area contributed by atoms with Crippen molar-refractivity contribution in [3.8, 4) is 0 Å². The van der Waals surface area contributed by atoms with Crippen LogP contribution in [0.5, 0.6) is 0 Å². The lowest BCUT2D eigenvalue weighted by atomic mass is 10.0. The summed E-state index contributed by atoms with van der Waals surface area (Å²) in [4.78, 5) is 24.2. The maximum absolute atomic E-state index is 11.6. The van der Waals surface area contributed by atoms with Gasteiger partial charge in [0.15, 0.2) is 0 Å². The Bertz CT molecular complexity index is 476. The van der Waals surface area contributed by atoms with Crippen LogP contribution < -0.4 is 0 Å². The minimum Gasteiger partial charge on any atom is -0.387 e. The highest BCUT2D eigenvalue weighted by atomic mass is 16.5. The Morgan fingerprint density at radius 3 is 2.21 bits per heavy atom. The first-order chi connectivity index (χ1) is 8.97. The highest BCUT2D eigenvalue weighted by molar-refractivity contribution is 5.98. The minimum absolute atomic E-state index is 0.0239. The van der Waals surface area contributed by atoms with E-state index in [-0.39, 0.29) is 19.8 Å². The largest absolute Gasteiger partial charge is 0.387 e. The van der Waals surface area contributed by atoms with Crippen molar-refractivity contribution >= 4 is 11.8 Å². The van der Waals surface area contributed by atoms with Crippen LogP contribution in [-0.2, 0) is 14.3 Å². The highest BCUT2D eigenvalue weighted by Crippen LogP contribution is 2.19. The fourth-order valence-corrected chi connectivity index (χ4v) is 2.20. The summed E-state index contributed by atoms with van der Waals surface area (Å²) in [5, 5.41) is 10.2. The van der Waals surface area contributed by atoms with Gasteiger partial charge in [-0.05, 0) is 19.4 Å². The van der Waals surface area contributed by atoms with Crippen molar-refractivity contribution < 1.29 is 19.4 Å². The number of carbonyl (C=O) groups is 2. The lowest BCUT2D eigenvalue weighted by molar-refractivity contribution is -0.160. The molecule has 0 aromatic heterocycles. The van der Waals surface area contributed by atoms with Gasteiger partial charge in [0.1, 0.15) is 13.2 Å². The molecule has 0 bridgehead atoms. The number of aryl methyl sites for hydroxylation is 2. The van der Waals surface area contributed by atoms with E-state index in [2.05, 4.69) is 0 Å². The van der Waals surface area contributed by atoms with E-state index in [9.17, 15) is 14.7 Å². The number of β-amino-alcohol motifs (C(OH)–C–C–N with tert-alkyl or cyclic N) is 1. The first-order valence-corrected chi connectivity index (χ1v) is 6.14. The Morgan fingerprint density at radius 1 is 1.16 bits per heavy atom. The fourth-order valence-electron chi connectivity index (χ4n) is 2.20. The summed E-state index contributed by atoms with van der Waals surface area (Å²) in [5.41, 5.74) is 2.78. The van der Waals surface area contributed by atoms with Gasteiger partial charge >= 0.3 is 0 Å². The van der Waals surface area contributed by atoms with Crippen molar-refractivity contribution in [3.05, 3.63) is 34.9 Å². The molecule has 0 spiro atoms. The van der Waals surface area contributed by atoms with Gasteiger partial charge in [-0.15, -0.1) is 0 Å². The summed E-state index contributed by atoms with van der Waals surface area (Å²) in [6.45, 7) is 3.64. The van der Waals surface area contributed by atoms with Crippen LogP contribution in [0.2, 0.25) is 0 Å². The molecule has 1 atom stereocenters. The number of amides is 2. The van der Waals surface area contributed by atoms with Crippen LogP contribution in [0.15, 0.2) is 18.2 Å². The average molecular weight is 263 g/mol. The van der Waals surface area contributed by atoms with E-state index in [1.807, 2.05) is 32.0 Å². The Morgan fingerprint density at radius 2 is 1.68 bits per heavy atom. The topological polar surface area (TPSA) is 66.8 Å². The van der Waals surface area contributed by atoms with Crippen molar-refractivity contribution in [2.45, 2.75) is 20.0 Å². The van der Waals surface area contributed by atoms with Crippen molar-refractivity contribution in [2.75, 3.05) is 19.8 Å². The molecule has 1 fully saturated rings. The molecule has 1 aliphatic heterocycles. The Balaban J connectivity index is 2.13. The second kappa shape index (κ2) is 5.50. The second-order valence-corrected chi connectivity index (χ2v) is 4.83. The van der Waals surface area contributed by atoms with Crippen LogP contribution in [0.3, 0.4) is 0 Å². The average Bonchev–Trinajstić information content (AvgIpc) is 2.32. The number of hydrogen-bond acceptors (Lipinski definition) is 4. The molecule has 1 saturated heterocycles. The van der Waals surface area contributed by atoms with Gasteiger partial charge in [-0.1, -0.05) is 29.3 Å². The third-order valence-corrected chi connectivity index (χ3v) is 3.04. The normalized spacial score (nSPS) is 17.7. The molecular formula is C14H17NO4. The van der Waals surface area contributed by atoms with Gasteiger partial charge in [0, 0.05) is 0 Å². The number of aliphatic hydroxyl groups excluding tert-OH is 1. The number of morpholine rings is 1. The number of imide groups is 1. The number of nitrogens with zero attached hydrogens (tertiary/aromatic N) is 1. The zero-order valence-corrected chi connectivity index (χ0v) is 11.0. The predicted molar refractivity (Wildman–Crippen MR) is 68.4 cm³/mol. The Labute approximate surface area is 111 Å². The zero-order valence-electron chi connectivity index (χ0n) is 11.0. The summed E-state index contributed by atoms with van der Waals surface area (Å²) in [5.74, 6) is -0.806. The van der Waals surface area contributed by atoms with Gasteiger partial charge in [0.05, 0.1) is 12.6 Å². The molecule has 0 radical (unpaired) electrons. The van der Waals surface area contributed by atoms with Crippen molar-refractivity contribution in [1.29, 1.82) is 0 Å². The van der Waals surface area contributed by atoms with E-state index in [0.717, 1.165) is 16.0 Å². The van der Waals surface area contributed by atoms with Crippen LogP contribution in [0, 0.1) is 13.8 Å². The molecule has 0 aliphatic carbocycles. The van der Waals surface area contributed by atoms with E-state index in [4.69, 9.17) is 4.74 Å². The van der Waals surface area contributed by atoms with Gasteiger partial charge in [0.2, 0.25) is 0 Å². The molecule has 1 aliphatic rings. The standard InChI is InChI=1S/C14H17NO4/c1-9-3-10(2)5-11(4-9)12(16)6-15-13(17)7-19-8-14(15)18/h3-5,12,16H,6-8H2,1-2H3. The lowest BCUT2D eigenvalue weighted by Crippen LogP contribution is -2.47. The molecule has 2 rings (SSSR count). The van der Waals surface area contributed by atoms with Crippen LogP contribution in [0.1, 0.15) is 22.8 Å². The van der Waals surface area contributed by atoms with E-state index in [0.29, 0.717) is 5.56 Å². The molecule has 5 heteroatoms. The first kappa shape index (κ1) is 13.7. The molecule has 1 unspecified atom stereocenters. The third-order valence-electron chi connectivity index (χ3n) is 3.04. The highest BCUT2D eigenvalue weighted by Gasteiger charge is 2.28. The molecule has 1 heterocycles. The number of benzene rings is 1. The van der Waals surface area contributed by atoms with Crippen LogP contribution in [0.25, 0.3) is 0 Å². The number of hydrogen-bond donors (Lipinski definition) is 1. The van der Waals surface area contributed by atoms with Gasteiger partial charge < -0.3 is 9.84 Å². The van der Waals surface area contributed by atoms with Crippen LogP contribution in [-0.4, -0.2) is 41.6 Å². The number of ether oxygens (including phenoxy) is 1. The maximum atomic E-state index is 11.6. The summed E-state index contributed by atoms with van der Waals surface area (Å²) in [7, 11) is 0. The van der Waals surface area contributed by atoms with E-state index >= 15 is 0 Å². The molecule has 1 aromatic carbocycles. The summed E-state index contributed by atoms with van der Waals surface area (Å²) in [6.07, 6.45) is -0.871. The van der Waals surface area contributed by atoms with E-state index in [1.165, 1.54) is 0 Å². The SMILES string of the molecule is Cc1cc(C)cc(C(O)CN2C(=O)COCC2=O)c1. The number of carbonyl (C=O) groups excluding carboxylic acids is 2. The van der Waals surface area contributed by atoms with Crippen molar-refractivity contribution in [2.24, 2.45) is 0 Å². The molecule has 1 N–H and O–H groups in total. The first-order valence-electron chi connectivity index (χ1n) is 6.14. The maximum Gasteiger partial charge on any atom is 0.255 e. The van der Waals surface area contributed by atoms with Crippen LogP contribution in [0.4, 0.5) is 0 Å². The fraction of sp³-hybridized carbons (Fsp3) is 0.429. The minimum atomic E-state index is -0.871. The summed E-state index contributed by atoms with van der Waals surface area (Å²) < 4.78 is 4.83. The molecular weight excluding hydrogens is 246 g/mol. The van der Waals surface area contributed by atoms with Gasteiger partial charge in [0.25, 0.3) is 11.8 Å². The number of rotatable bonds is 3. The van der Waals surface area contributed by atoms with Gasteiger partial charge in [-0.2, -0.15) is 0 Å². The molecule has 0 saturated carbocycles. The molecule has 1 aromatic rings. The second-order valence-electron chi connectivity index (χ2n) is 4.83. The predicted octanol–water partition coefficient (Wildman–Crippen LogP) is 0.722. The lowest BCUT2D eigenvalue weighted by Gasteiger charge is -2.27. The summed E-state index contributed by atoms with van der Waals surface area (Å²) >= 11 is 0. The van der Waals surface area contributed by atoms with Crippen molar-refractivity contribution in [1.82, 2.24) is 4.90 Å². The molecule has 5 nitrogen and oxygen atoms in total. The zero-order chi connectivity index (χ0) is 14.0. The quantitative estimate of drug-likeness (QED) is 0.816. The Hall–Kier alpha value is -1.72. The van der Waals surface area contributed by atoms with Gasteiger partial charge in [-0.25, -0.2) is 0 Å². The molecule has 102 valence electrons. The third kappa shape index (κ3) is 3.19. The smallest absolute Gasteiger partial charge is 0.255 e. The van der Waals surface area contributed by atoms with E-state index in [1.54, 1.807) is 0 Å². The van der Waals surface area contributed by atoms with Crippen LogP contribution >= 0.6 is 0 Å². The van der Waals surface area contributed by atoms with E-state index < -0.39 is 17.9 Å². The molecule has 19 heavy (non-hydrogen) atoms. The summed E-state index contributed by atoms with van der Waals surface area (Å²) in [6, 6.07) is 5.71.